The second-order valence-electron chi connectivity index (χ2n) is 6.52. The lowest BCUT2D eigenvalue weighted by atomic mass is 9.99. The number of quaternary nitrogens is 1. The summed E-state index contributed by atoms with van der Waals surface area (Å²) in [7, 11) is 0. The van der Waals surface area contributed by atoms with Gasteiger partial charge in [0.25, 0.3) is 0 Å². The van der Waals surface area contributed by atoms with Gasteiger partial charge in [-0.25, -0.2) is 9.37 Å². The minimum atomic E-state index is -0.297. The standard InChI is InChI=1S/C17H19FN4O2S/c1-10-19-17-22(20-10)16(24)15(25-17)14(11-3-2-4-12(18)9-11)21-7-5-13(23)6-8-21/h2-4,9,13-14,23-24H,5-8H2,1H3/p+1/t14-/m1/s1. The van der Waals surface area contributed by atoms with Gasteiger partial charge < -0.3 is 15.1 Å². The summed E-state index contributed by atoms with van der Waals surface area (Å²) in [5.41, 5.74) is 0.808. The van der Waals surface area contributed by atoms with Gasteiger partial charge in [-0.1, -0.05) is 23.5 Å². The molecule has 0 bridgehead atoms. The van der Waals surface area contributed by atoms with Crippen LogP contribution in [0.25, 0.3) is 4.96 Å². The second-order valence-corrected chi connectivity index (χ2v) is 7.53. The third kappa shape index (κ3) is 3.01. The van der Waals surface area contributed by atoms with Gasteiger partial charge in [-0.2, -0.15) is 4.52 Å². The summed E-state index contributed by atoms with van der Waals surface area (Å²) in [5, 5.41) is 24.7. The number of hydrogen-bond acceptors (Lipinski definition) is 5. The molecule has 0 aliphatic carbocycles. The topological polar surface area (TPSA) is 75.1 Å². The van der Waals surface area contributed by atoms with E-state index in [0.717, 1.165) is 23.5 Å². The number of aryl methyl sites for hydroxylation is 1. The first-order chi connectivity index (χ1) is 12.0. The Labute approximate surface area is 148 Å². The second kappa shape index (κ2) is 6.36. The van der Waals surface area contributed by atoms with E-state index in [1.54, 1.807) is 13.0 Å². The third-order valence-electron chi connectivity index (χ3n) is 4.76. The fourth-order valence-corrected chi connectivity index (χ4v) is 4.74. The number of thiazole rings is 1. The van der Waals surface area contributed by atoms with Crippen LogP contribution in [0.2, 0.25) is 0 Å². The van der Waals surface area contributed by atoms with E-state index >= 15 is 0 Å². The minimum Gasteiger partial charge on any atom is -0.492 e. The normalized spacial score (nSPS) is 22.4. The first-order valence-corrected chi connectivity index (χ1v) is 9.17. The van der Waals surface area contributed by atoms with Crippen molar-refractivity contribution in [2.45, 2.75) is 31.9 Å². The number of aromatic nitrogens is 3. The third-order valence-corrected chi connectivity index (χ3v) is 5.84. The molecule has 1 saturated heterocycles. The van der Waals surface area contributed by atoms with Crippen molar-refractivity contribution in [3.8, 4) is 5.88 Å². The summed E-state index contributed by atoms with van der Waals surface area (Å²) in [6.45, 7) is 3.29. The molecule has 3 N–H and O–H groups in total. The summed E-state index contributed by atoms with van der Waals surface area (Å²) in [6.07, 6.45) is 1.11. The van der Waals surface area contributed by atoms with Crippen LogP contribution < -0.4 is 4.90 Å². The van der Waals surface area contributed by atoms with E-state index in [1.165, 1.54) is 32.9 Å². The van der Waals surface area contributed by atoms with Gasteiger partial charge in [0, 0.05) is 18.4 Å². The molecule has 1 fully saturated rings. The van der Waals surface area contributed by atoms with Gasteiger partial charge in [0.2, 0.25) is 10.8 Å². The van der Waals surface area contributed by atoms with Crippen molar-refractivity contribution < 1.29 is 19.5 Å². The number of aliphatic hydroxyl groups excluding tert-OH is 1. The number of halogens is 1. The van der Waals surface area contributed by atoms with Crippen LogP contribution in [0.5, 0.6) is 5.88 Å². The molecule has 3 heterocycles. The molecule has 25 heavy (non-hydrogen) atoms. The number of fused-ring (bicyclic) bond motifs is 1. The molecule has 1 aliphatic heterocycles. The lowest BCUT2D eigenvalue weighted by Gasteiger charge is -2.33. The number of aromatic hydroxyl groups is 1. The van der Waals surface area contributed by atoms with Crippen LogP contribution in [-0.4, -0.2) is 44.0 Å². The zero-order valence-electron chi connectivity index (χ0n) is 13.8. The van der Waals surface area contributed by atoms with Gasteiger partial charge in [-0.3, -0.25) is 0 Å². The van der Waals surface area contributed by atoms with Crippen molar-refractivity contribution in [1.82, 2.24) is 14.6 Å². The quantitative estimate of drug-likeness (QED) is 0.651. The van der Waals surface area contributed by atoms with Crippen molar-refractivity contribution in [1.29, 1.82) is 0 Å². The summed E-state index contributed by atoms with van der Waals surface area (Å²) in [4.78, 5) is 6.89. The lowest BCUT2D eigenvalue weighted by Crippen LogP contribution is -3.13. The molecule has 0 saturated carbocycles. The summed E-state index contributed by atoms with van der Waals surface area (Å²) >= 11 is 1.38. The van der Waals surface area contributed by atoms with E-state index in [1.807, 2.05) is 6.07 Å². The molecule has 0 unspecified atom stereocenters. The predicted molar refractivity (Wildman–Crippen MR) is 91.4 cm³/mol. The van der Waals surface area contributed by atoms with Crippen LogP contribution in [0, 0.1) is 12.7 Å². The Morgan fingerprint density at radius 3 is 2.80 bits per heavy atom. The number of nitrogens with one attached hydrogen (secondary N) is 1. The molecule has 8 heteroatoms. The number of nitrogens with zero attached hydrogens (tertiary/aromatic N) is 3. The van der Waals surface area contributed by atoms with Crippen LogP contribution >= 0.6 is 11.3 Å². The van der Waals surface area contributed by atoms with Crippen LogP contribution in [-0.2, 0) is 0 Å². The van der Waals surface area contributed by atoms with Crippen molar-refractivity contribution in [2.75, 3.05) is 13.1 Å². The zero-order valence-corrected chi connectivity index (χ0v) is 14.6. The molecular formula is C17H20FN4O2S+. The van der Waals surface area contributed by atoms with Gasteiger partial charge in [0.15, 0.2) is 6.04 Å². The molecule has 132 valence electrons. The van der Waals surface area contributed by atoms with E-state index < -0.39 is 0 Å². The van der Waals surface area contributed by atoms with Crippen LogP contribution in [0.4, 0.5) is 4.39 Å². The zero-order chi connectivity index (χ0) is 17.6. The van der Waals surface area contributed by atoms with Crippen molar-refractivity contribution >= 4 is 16.3 Å². The van der Waals surface area contributed by atoms with Crippen LogP contribution in [0.15, 0.2) is 24.3 Å². The number of hydrogen-bond donors (Lipinski definition) is 3. The molecule has 2 aromatic heterocycles. The van der Waals surface area contributed by atoms with E-state index in [0.29, 0.717) is 23.6 Å². The highest BCUT2D eigenvalue weighted by molar-refractivity contribution is 7.17. The van der Waals surface area contributed by atoms with Gasteiger partial charge in [-0.05, 0) is 19.1 Å². The Morgan fingerprint density at radius 2 is 2.12 bits per heavy atom. The molecule has 1 aliphatic rings. The predicted octanol–water partition coefficient (Wildman–Crippen LogP) is 1.07. The average Bonchev–Trinajstić information content (AvgIpc) is 3.08. The van der Waals surface area contributed by atoms with Crippen LogP contribution in [0.1, 0.15) is 35.1 Å². The highest BCUT2D eigenvalue weighted by Crippen LogP contribution is 2.35. The molecule has 4 rings (SSSR count). The maximum atomic E-state index is 13.8. The first kappa shape index (κ1) is 16.4. The van der Waals surface area contributed by atoms with Crippen molar-refractivity contribution in [2.24, 2.45) is 0 Å². The molecular weight excluding hydrogens is 343 g/mol. The van der Waals surface area contributed by atoms with Gasteiger partial charge in [0.1, 0.15) is 16.5 Å². The minimum absolute atomic E-state index is 0.0634. The Balaban J connectivity index is 1.81. The average molecular weight is 363 g/mol. The Morgan fingerprint density at radius 1 is 1.36 bits per heavy atom. The molecule has 1 atom stereocenters. The van der Waals surface area contributed by atoms with Crippen LogP contribution in [0.3, 0.4) is 0 Å². The number of likely N-dealkylation sites (tertiary alicyclic amines) is 1. The molecule has 0 spiro atoms. The molecule has 1 aromatic carbocycles. The molecule has 0 amide bonds. The highest BCUT2D eigenvalue weighted by atomic mass is 32.1. The molecule has 0 radical (unpaired) electrons. The van der Waals surface area contributed by atoms with Gasteiger partial charge in [-0.15, -0.1) is 5.10 Å². The monoisotopic (exact) mass is 363 g/mol. The largest absolute Gasteiger partial charge is 0.492 e. The number of rotatable bonds is 3. The summed E-state index contributed by atoms with van der Waals surface area (Å²) in [6, 6.07) is 6.29. The SMILES string of the molecule is Cc1nc2sc([C@@H](c3cccc(F)c3)[NH+]3CCC(O)CC3)c(O)n2n1. The van der Waals surface area contributed by atoms with Gasteiger partial charge >= 0.3 is 0 Å². The van der Waals surface area contributed by atoms with E-state index in [4.69, 9.17) is 0 Å². The maximum absolute atomic E-state index is 13.8. The fourth-order valence-electron chi connectivity index (χ4n) is 3.56. The Hall–Kier alpha value is -2.03. The number of benzene rings is 1. The maximum Gasteiger partial charge on any atom is 0.235 e. The number of aliphatic hydroxyl groups is 1. The van der Waals surface area contributed by atoms with Gasteiger partial charge in [0.05, 0.1) is 19.2 Å². The van der Waals surface area contributed by atoms with E-state index in [2.05, 4.69) is 10.1 Å². The van der Waals surface area contributed by atoms with E-state index in [-0.39, 0.29) is 23.8 Å². The fraction of sp³-hybridized carbons (Fsp3) is 0.412. The summed E-state index contributed by atoms with van der Waals surface area (Å²) < 4.78 is 15.3. The highest BCUT2D eigenvalue weighted by Gasteiger charge is 2.35. The summed E-state index contributed by atoms with van der Waals surface area (Å²) in [5.74, 6) is 0.367. The lowest BCUT2D eigenvalue weighted by molar-refractivity contribution is -0.931. The number of piperidine rings is 1. The van der Waals surface area contributed by atoms with Crippen molar-refractivity contribution in [3.05, 3.63) is 46.3 Å². The first-order valence-electron chi connectivity index (χ1n) is 8.36. The molecule has 6 nitrogen and oxygen atoms in total. The Kier molecular flexibility index (Phi) is 4.18. The smallest absolute Gasteiger partial charge is 0.235 e. The van der Waals surface area contributed by atoms with E-state index in [9.17, 15) is 14.6 Å². The van der Waals surface area contributed by atoms with Crippen molar-refractivity contribution in [3.63, 3.8) is 0 Å². The molecule has 3 aromatic rings. The Bertz CT molecular complexity index is 901.